The van der Waals surface area contributed by atoms with E-state index in [1.807, 2.05) is 18.3 Å². The largest absolute Gasteiger partial charge is 0.379 e. The minimum absolute atomic E-state index is 0.0858. The van der Waals surface area contributed by atoms with Gasteiger partial charge in [-0.25, -0.2) is 4.68 Å². The molecule has 0 spiro atoms. The van der Waals surface area contributed by atoms with E-state index in [2.05, 4.69) is 10.4 Å². The number of nitro benzene ring substituents is 1. The highest BCUT2D eigenvalue weighted by molar-refractivity contribution is 6.31. The number of anilines is 1. The maximum atomic E-state index is 11.1. The Morgan fingerprint density at radius 3 is 2.78 bits per heavy atom. The van der Waals surface area contributed by atoms with Crippen molar-refractivity contribution in [1.29, 1.82) is 0 Å². The monoisotopic (exact) mass is 328 g/mol. The third-order valence-corrected chi connectivity index (χ3v) is 3.60. The average molecular weight is 329 g/mol. The number of hydrogen-bond acceptors (Lipinski definition) is 4. The van der Waals surface area contributed by atoms with Crippen molar-refractivity contribution in [3.8, 4) is 5.69 Å². The van der Waals surface area contributed by atoms with Gasteiger partial charge in [-0.3, -0.25) is 10.1 Å². The summed E-state index contributed by atoms with van der Waals surface area (Å²) < 4.78 is 1.71. The van der Waals surface area contributed by atoms with Crippen LogP contribution in [0.25, 0.3) is 5.69 Å². The smallest absolute Gasteiger partial charge is 0.274 e. The molecule has 0 fully saturated rings. The van der Waals surface area contributed by atoms with Crippen LogP contribution in [0.15, 0.2) is 60.9 Å². The fourth-order valence-corrected chi connectivity index (χ4v) is 2.46. The van der Waals surface area contributed by atoms with Crippen molar-refractivity contribution in [2.24, 2.45) is 0 Å². The Morgan fingerprint density at radius 2 is 2.04 bits per heavy atom. The molecule has 3 rings (SSSR count). The molecule has 0 unspecified atom stereocenters. The van der Waals surface area contributed by atoms with Gasteiger partial charge in [0.2, 0.25) is 0 Å². The second-order valence-corrected chi connectivity index (χ2v) is 5.29. The zero-order chi connectivity index (χ0) is 16.2. The molecular formula is C16H13ClN4O2. The first-order valence-electron chi connectivity index (χ1n) is 6.91. The summed E-state index contributed by atoms with van der Waals surface area (Å²) >= 11 is 6.06. The zero-order valence-corrected chi connectivity index (χ0v) is 12.8. The molecule has 2 aromatic carbocycles. The van der Waals surface area contributed by atoms with E-state index in [0.717, 1.165) is 11.4 Å². The van der Waals surface area contributed by atoms with Crippen LogP contribution in [0.3, 0.4) is 0 Å². The van der Waals surface area contributed by atoms with E-state index in [9.17, 15) is 10.1 Å². The molecule has 6 nitrogen and oxygen atoms in total. The van der Waals surface area contributed by atoms with Gasteiger partial charge in [-0.15, -0.1) is 0 Å². The first kappa shape index (κ1) is 15.1. The molecule has 1 N–H and O–H groups in total. The van der Waals surface area contributed by atoms with Crippen molar-refractivity contribution in [1.82, 2.24) is 9.78 Å². The van der Waals surface area contributed by atoms with Crippen LogP contribution in [0, 0.1) is 10.1 Å². The number of aromatic nitrogens is 2. The Balaban J connectivity index is 1.89. The highest BCUT2D eigenvalue weighted by atomic mass is 35.5. The Morgan fingerprint density at radius 1 is 1.22 bits per heavy atom. The summed E-state index contributed by atoms with van der Waals surface area (Å²) in [4.78, 5) is 10.7. The fraction of sp³-hybridized carbons (Fsp3) is 0.0625. The number of benzene rings is 2. The SMILES string of the molecule is O=[N+]([O-])c1ccccc1CNc1cc(Cl)ccc1-n1cccn1. The number of halogens is 1. The van der Waals surface area contributed by atoms with E-state index >= 15 is 0 Å². The van der Waals surface area contributed by atoms with Gasteiger partial charge in [0.25, 0.3) is 5.69 Å². The van der Waals surface area contributed by atoms with Gasteiger partial charge in [0.1, 0.15) is 0 Å². The molecule has 7 heteroatoms. The first-order chi connectivity index (χ1) is 11.1. The zero-order valence-electron chi connectivity index (χ0n) is 12.0. The molecule has 0 amide bonds. The van der Waals surface area contributed by atoms with Crippen LogP contribution < -0.4 is 5.32 Å². The highest BCUT2D eigenvalue weighted by Crippen LogP contribution is 2.26. The standard InChI is InChI=1S/C16H13ClN4O2/c17-13-6-7-16(20-9-3-8-19-20)14(10-13)18-11-12-4-1-2-5-15(12)21(22)23/h1-10,18H,11H2. The van der Waals surface area contributed by atoms with E-state index in [1.165, 1.54) is 6.07 Å². The van der Waals surface area contributed by atoms with Gasteiger partial charge >= 0.3 is 0 Å². The van der Waals surface area contributed by atoms with Crippen LogP contribution in [0.1, 0.15) is 5.56 Å². The molecule has 0 saturated carbocycles. The number of nitrogens with zero attached hydrogens (tertiary/aromatic N) is 3. The Bertz CT molecular complexity index is 834. The van der Waals surface area contributed by atoms with Crippen LogP contribution in [-0.2, 0) is 6.54 Å². The van der Waals surface area contributed by atoms with Crippen LogP contribution in [0.4, 0.5) is 11.4 Å². The van der Waals surface area contributed by atoms with Crippen LogP contribution in [0.5, 0.6) is 0 Å². The summed E-state index contributed by atoms with van der Waals surface area (Å²) in [6.45, 7) is 0.311. The fourth-order valence-electron chi connectivity index (χ4n) is 2.29. The molecule has 1 aromatic heterocycles. The normalized spacial score (nSPS) is 10.5. The Labute approximate surface area is 137 Å². The van der Waals surface area contributed by atoms with Gasteiger partial charge in [-0.1, -0.05) is 29.8 Å². The maximum Gasteiger partial charge on any atom is 0.274 e. The van der Waals surface area contributed by atoms with Gasteiger partial charge < -0.3 is 5.32 Å². The summed E-state index contributed by atoms with van der Waals surface area (Å²) in [5, 5.41) is 19.1. The predicted molar refractivity (Wildman–Crippen MR) is 89.0 cm³/mol. The minimum Gasteiger partial charge on any atom is -0.379 e. The summed E-state index contributed by atoms with van der Waals surface area (Å²) in [5.41, 5.74) is 2.25. The van der Waals surface area contributed by atoms with Crippen LogP contribution in [0.2, 0.25) is 5.02 Å². The third kappa shape index (κ3) is 3.32. The number of nitro groups is 1. The topological polar surface area (TPSA) is 73.0 Å². The van der Waals surface area contributed by atoms with Crippen molar-refractivity contribution in [3.05, 3.63) is 81.6 Å². The molecule has 0 radical (unpaired) electrons. The number of nitrogens with one attached hydrogen (secondary N) is 1. The average Bonchev–Trinajstić information content (AvgIpc) is 3.07. The van der Waals surface area contributed by atoms with E-state index in [0.29, 0.717) is 17.1 Å². The van der Waals surface area contributed by atoms with Gasteiger partial charge in [0.05, 0.1) is 16.3 Å². The van der Waals surface area contributed by atoms with Crippen LogP contribution >= 0.6 is 11.6 Å². The molecule has 116 valence electrons. The van der Waals surface area contributed by atoms with Gasteiger partial charge in [-0.2, -0.15) is 5.10 Å². The van der Waals surface area contributed by atoms with Crippen molar-refractivity contribution >= 4 is 23.0 Å². The number of para-hydroxylation sites is 1. The minimum atomic E-state index is -0.386. The van der Waals surface area contributed by atoms with E-state index < -0.39 is 0 Å². The van der Waals surface area contributed by atoms with E-state index in [4.69, 9.17) is 11.6 Å². The van der Waals surface area contributed by atoms with E-state index in [1.54, 1.807) is 41.2 Å². The summed E-state index contributed by atoms with van der Waals surface area (Å²) in [5.74, 6) is 0. The second-order valence-electron chi connectivity index (χ2n) is 4.85. The molecule has 1 heterocycles. The molecule has 0 atom stereocenters. The molecule has 23 heavy (non-hydrogen) atoms. The van der Waals surface area contributed by atoms with Gasteiger partial charge in [0.15, 0.2) is 0 Å². The Kier molecular flexibility index (Phi) is 4.25. The van der Waals surface area contributed by atoms with Gasteiger partial charge in [0, 0.05) is 35.6 Å². The molecule has 0 aliphatic rings. The number of rotatable bonds is 5. The second kappa shape index (κ2) is 6.50. The third-order valence-electron chi connectivity index (χ3n) is 3.37. The molecule has 0 aliphatic heterocycles. The van der Waals surface area contributed by atoms with Crippen molar-refractivity contribution in [2.45, 2.75) is 6.54 Å². The van der Waals surface area contributed by atoms with Crippen molar-refractivity contribution in [2.75, 3.05) is 5.32 Å². The summed E-state index contributed by atoms with van der Waals surface area (Å²) in [6.07, 6.45) is 3.50. The quantitative estimate of drug-likeness (QED) is 0.566. The van der Waals surface area contributed by atoms with Crippen molar-refractivity contribution in [3.63, 3.8) is 0 Å². The van der Waals surface area contributed by atoms with Gasteiger partial charge in [-0.05, 0) is 24.3 Å². The molecule has 0 bridgehead atoms. The predicted octanol–water partition coefficient (Wildman–Crippen LogP) is 4.05. The Hall–Kier alpha value is -2.86. The molecule has 0 saturated heterocycles. The first-order valence-corrected chi connectivity index (χ1v) is 7.28. The molecule has 0 aliphatic carbocycles. The highest BCUT2D eigenvalue weighted by Gasteiger charge is 2.13. The lowest BCUT2D eigenvalue weighted by Crippen LogP contribution is -2.06. The summed E-state index contributed by atoms with van der Waals surface area (Å²) in [6, 6.07) is 13.8. The molecule has 3 aromatic rings. The van der Waals surface area contributed by atoms with E-state index in [-0.39, 0.29) is 10.6 Å². The lowest BCUT2D eigenvalue weighted by atomic mass is 10.1. The lowest BCUT2D eigenvalue weighted by Gasteiger charge is -2.13. The summed E-state index contributed by atoms with van der Waals surface area (Å²) in [7, 11) is 0. The number of hydrogen-bond donors (Lipinski definition) is 1. The van der Waals surface area contributed by atoms with Crippen molar-refractivity contribution < 1.29 is 4.92 Å². The molecular weight excluding hydrogens is 316 g/mol. The maximum absolute atomic E-state index is 11.1. The van der Waals surface area contributed by atoms with Crippen LogP contribution in [-0.4, -0.2) is 14.7 Å². The lowest BCUT2D eigenvalue weighted by molar-refractivity contribution is -0.385.